The van der Waals surface area contributed by atoms with Gasteiger partial charge in [0, 0.05) is 24.8 Å². The van der Waals surface area contributed by atoms with Crippen molar-refractivity contribution in [3.63, 3.8) is 0 Å². The molecule has 1 aliphatic rings. The maximum atomic E-state index is 13.7. The van der Waals surface area contributed by atoms with Crippen LogP contribution in [0.4, 0.5) is 0 Å². The van der Waals surface area contributed by atoms with Gasteiger partial charge in [0.2, 0.25) is 5.89 Å². The number of ether oxygens (including phenoxy) is 1. The fourth-order valence-corrected chi connectivity index (χ4v) is 4.22. The molecule has 1 saturated heterocycles. The minimum absolute atomic E-state index is 0.0394. The van der Waals surface area contributed by atoms with Gasteiger partial charge in [-0.3, -0.25) is 4.79 Å². The Balaban J connectivity index is 1.50. The Kier molecular flexibility index (Phi) is 5.64. The van der Waals surface area contributed by atoms with Gasteiger partial charge in [-0.25, -0.2) is 4.68 Å². The largest absolute Gasteiger partial charge is 0.497 e. The van der Waals surface area contributed by atoms with Crippen LogP contribution in [0.5, 0.6) is 5.75 Å². The van der Waals surface area contributed by atoms with Gasteiger partial charge < -0.3 is 14.2 Å². The lowest BCUT2D eigenvalue weighted by Gasteiger charge is -2.31. The second kappa shape index (κ2) is 8.90. The maximum Gasteiger partial charge on any atom is 0.257 e. The van der Waals surface area contributed by atoms with Gasteiger partial charge in [-0.1, -0.05) is 23.4 Å². The van der Waals surface area contributed by atoms with Crippen LogP contribution in [0, 0.1) is 6.92 Å². The smallest absolute Gasteiger partial charge is 0.257 e. The third-order valence-corrected chi connectivity index (χ3v) is 5.93. The van der Waals surface area contributed by atoms with Crippen molar-refractivity contribution in [1.29, 1.82) is 0 Å². The summed E-state index contributed by atoms with van der Waals surface area (Å²) in [6, 6.07) is 17.4. The van der Waals surface area contributed by atoms with Crippen molar-refractivity contribution in [1.82, 2.24) is 24.8 Å². The first-order chi connectivity index (χ1) is 16.1. The van der Waals surface area contributed by atoms with Crippen molar-refractivity contribution >= 4 is 5.91 Å². The van der Waals surface area contributed by atoms with Crippen molar-refractivity contribution in [2.75, 3.05) is 20.2 Å². The first-order valence-corrected chi connectivity index (χ1v) is 11.0. The van der Waals surface area contributed by atoms with E-state index in [-0.39, 0.29) is 11.8 Å². The van der Waals surface area contributed by atoms with Gasteiger partial charge in [0.25, 0.3) is 5.91 Å². The summed E-state index contributed by atoms with van der Waals surface area (Å²) in [5, 5.41) is 8.70. The number of rotatable bonds is 5. The molecule has 0 N–H and O–H groups in total. The van der Waals surface area contributed by atoms with Crippen molar-refractivity contribution in [2.45, 2.75) is 25.7 Å². The Morgan fingerprint density at radius 3 is 2.61 bits per heavy atom. The summed E-state index contributed by atoms with van der Waals surface area (Å²) >= 11 is 0. The van der Waals surface area contributed by atoms with Crippen LogP contribution in [0.1, 0.15) is 40.8 Å². The fraction of sp³-hybridized carbons (Fsp3) is 0.280. The van der Waals surface area contributed by atoms with Crippen molar-refractivity contribution in [2.24, 2.45) is 0 Å². The number of carbonyl (C=O) groups is 1. The van der Waals surface area contributed by atoms with Crippen molar-refractivity contribution < 1.29 is 14.1 Å². The average molecular weight is 444 g/mol. The molecular formula is C25H25N5O3. The predicted molar refractivity (Wildman–Crippen MR) is 122 cm³/mol. The summed E-state index contributed by atoms with van der Waals surface area (Å²) in [6.45, 7) is 3.03. The van der Waals surface area contributed by atoms with E-state index in [9.17, 15) is 4.79 Å². The van der Waals surface area contributed by atoms with Crippen molar-refractivity contribution in [3.8, 4) is 22.7 Å². The molecule has 1 aliphatic heterocycles. The summed E-state index contributed by atoms with van der Waals surface area (Å²) in [5.41, 5.74) is 2.95. The van der Waals surface area contributed by atoms with Crippen LogP contribution < -0.4 is 4.74 Å². The zero-order valence-electron chi connectivity index (χ0n) is 18.6. The Labute approximate surface area is 191 Å². The lowest BCUT2D eigenvalue weighted by atomic mass is 9.97. The van der Waals surface area contributed by atoms with Gasteiger partial charge in [0.15, 0.2) is 5.82 Å². The summed E-state index contributed by atoms with van der Waals surface area (Å²) in [5.74, 6) is 1.95. The highest BCUT2D eigenvalue weighted by Gasteiger charge is 2.31. The summed E-state index contributed by atoms with van der Waals surface area (Å²) in [4.78, 5) is 20.0. The molecule has 4 aromatic rings. The number of likely N-dealkylation sites (tertiary alicyclic amines) is 1. The van der Waals surface area contributed by atoms with E-state index in [1.165, 1.54) is 0 Å². The second-order valence-electron chi connectivity index (χ2n) is 8.17. The molecule has 0 aliphatic carbocycles. The molecule has 1 atom stereocenters. The first-order valence-electron chi connectivity index (χ1n) is 11.0. The van der Waals surface area contributed by atoms with Crippen LogP contribution in [0.2, 0.25) is 0 Å². The van der Waals surface area contributed by atoms with Gasteiger partial charge in [0.1, 0.15) is 11.4 Å². The van der Waals surface area contributed by atoms with E-state index in [0.717, 1.165) is 29.8 Å². The fourth-order valence-electron chi connectivity index (χ4n) is 4.22. The van der Waals surface area contributed by atoms with E-state index >= 15 is 0 Å². The Morgan fingerprint density at radius 1 is 1.12 bits per heavy atom. The van der Waals surface area contributed by atoms with Gasteiger partial charge >= 0.3 is 0 Å². The van der Waals surface area contributed by atoms with E-state index in [4.69, 9.17) is 14.4 Å². The maximum absolute atomic E-state index is 13.7. The number of hydrogen-bond acceptors (Lipinski definition) is 6. The van der Waals surface area contributed by atoms with Crippen LogP contribution in [0.25, 0.3) is 16.9 Å². The van der Waals surface area contributed by atoms with Crippen LogP contribution in [0.15, 0.2) is 65.3 Å². The van der Waals surface area contributed by atoms with E-state index in [2.05, 4.69) is 10.1 Å². The number of para-hydroxylation sites is 1. The minimum atomic E-state index is -0.0519. The molecule has 2 aromatic carbocycles. The van der Waals surface area contributed by atoms with Crippen LogP contribution in [-0.4, -0.2) is 50.9 Å². The number of piperidine rings is 1. The summed E-state index contributed by atoms with van der Waals surface area (Å²) in [6.07, 6.45) is 3.61. The molecule has 3 heterocycles. The molecule has 0 spiro atoms. The molecule has 33 heavy (non-hydrogen) atoms. The molecule has 8 nitrogen and oxygen atoms in total. The van der Waals surface area contributed by atoms with Gasteiger partial charge in [-0.2, -0.15) is 10.1 Å². The summed E-state index contributed by atoms with van der Waals surface area (Å²) < 4.78 is 12.4. The van der Waals surface area contributed by atoms with Gasteiger partial charge in [0.05, 0.1) is 24.3 Å². The third kappa shape index (κ3) is 4.24. The SMILES string of the molecule is COc1ccc(-c2nn(-c3ccccc3)cc2C(=O)N2CCCC(c3nc(C)no3)C2)cc1. The molecule has 0 radical (unpaired) electrons. The zero-order chi connectivity index (χ0) is 22.8. The number of methoxy groups -OCH3 is 1. The number of nitrogens with zero attached hydrogens (tertiary/aromatic N) is 5. The molecule has 8 heteroatoms. The summed E-state index contributed by atoms with van der Waals surface area (Å²) in [7, 11) is 1.63. The average Bonchev–Trinajstić information content (AvgIpc) is 3.51. The van der Waals surface area contributed by atoms with Crippen molar-refractivity contribution in [3.05, 3.63) is 78.1 Å². The molecule has 168 valence electrons. The highest BCUT2D eigenvalue weighted by Crippen LogP contribution is 2.30. The van der Waals surface area contributed by atoms with Crippen LogP contribution in [-0.2, 0) is 0 Å². The van der Waals surface area contributed by atoms with Gasteiger partial charge in [-0.15, -0.1) is 0 Å². The second-order valence-corrected chi connectivity index (χ2v) is 8.17. The topological polar surface area (TPSA) is 86.3 Å². The molecule has 1 unspecified atom stereocenters. The lowest BCUT2D eigenvalue weighted by molar-refractivity contribution is 0.0696. The molecule has 0 bridgehead atoms. The number of aryl methyl sites for hydroxylation is 1. The molecule has 5 rings (SSSR count). The van der Waals surface area contributed by atoms with E-state index in [1.54, 1.807) is 18.7 Å². The molecule has 2 aromatic heterocycles. The molecule has 1 fully saturated rings. The standard InChI is InChI=1S/C25H25N5O3/c1-17-26-24(33-28-17)19-7-6-14-29(15-19)25(31)22-16-30(20-8-4-3-5-9-20)27-23(22)18-10-12-21(32-2)13-11-18/h3-5,8-13,16,19H,6-7,14-15H2,1-2H3. The number of amides is 1. The van der Waals surface area contributed by atoms with Crippen LogP contribution in [0.3, 0.4) is 0 Å². The third-order valence-electron chi connectivity index (χ3n) is 5.93. The molecular weight excluding hydrogens is 418 g/mol. The zero-order valence-corrected chi connectivity index (χ0v) is 18.6. The first kappa shape index (κ1) is 20.9. The quantitative estimate of drug-likeness (QED) is 0.458. The number of aromatic nitrogens is 4. The number of hydrogen-bond donors (Lipinski definition) is 0. The highest BCUT2D eigenvalue weighted by molar-refractivity contribution is 6.00. The number of carbonyl (C=O) groups excluding carboxylic acids is 1. The van der Waals surface area contributed by atoms with E-state index in [1.807, 2.05) is 65.7 Å². The van der Waals surface area contributed by atoms with Crippen LogP contribution >= 0.6 is 0 Å². The van der Waals surface area contributed by atoms with E-state index < -0.39 is 0 Å². The Bertz CT molecular complexity index is 1250. The number of benzene rings is 2. The molecule has 0 saturated carbocycles. The highest BCUT2D eigenvalue weighted by atomic mass is 16.5. The molecule has 1 amide bonds. The lowest BCUT2D eigenvalue weighted by Crippen LogP contribution is -2.39. The predicted octanol–water partition coefficient (Wildman–Crippen LogP) is 4.26. The van der Waals surface area contributed by atoms with Gasteiger partial charge in [-0.05, 0) is 56.2 Å². The minimum Gasteiger partial charge on any atom is -0.497 e. The monoisotopic (exact) mass is 443 g/mol. The Hall–Kier alpha value is -3.94. The Morgan fingerprint density at radius 2 is 1.91 bits per heavy atom. The normalized spacial score (nSPS) is 16.1. The van der Waals surface area contributed by atoms with E-state index in [0.29, 0.717) is 36.1 Å².